The average Bonchev–Trinajstić information content (AvgIpc) is 2.68. The monoisotopic (exact) mass is 460 g/mol. The van der Waals surface area contributed by atoms with Crippen molar-refractivity contribution in [2.45, 2.75) is 71.7 Å². The van der Waals surface area contributed by atoms with Crippen LogP contribution in [0.2, 0.25) is 0 Å². The average molecular weight is 461 g/mol. The van der Waals surface area contributed by atoms with E-state index in [1.54, 1.807) is 52.0 Å². The normalized spacial score (nSPS) is 12.9. The number of benzene rings is 1. The van der Waals surface area contributed by atoms with E-state index in [2.05, 4.69) is 17.2 Å². The number of carbonyl (C=O) groups is 4. The first-order chi connectivity index (χ1) is 15.3. The lowest BCUT2D eigenvalue weighted by molar-refractivity contribution is -0.143. The Hall–Kier alpha value is -3.36. The second-order valence-electron chi connectivity index (χ2n) is 8.93. The van der Waals surface area contributed by atoms with Gasteiger partial charge in [0.25, 0.3) is 0 Å². The van der Waals surface area contributed by atoms with E-state index in [9.17, 15) is 19.2 Å². The number of nitrogens with zero attached hydrogens (tertiary/aromatic N) is 1. The zero-order chi connectivity index (χ0) is 25.3. The largest absolute Gasteiger partial charge is 0.444 e. The SMILES string of the molecule is C=Cc1cccc(C(C(=O)NC(C)C)N(CC)C(=O)C(CC(N)=O)NC(=O)OC(C)(C)C)c1. The van der Waals surface area contributed by atoms with Crippen LogP contribution in [0.3, 0.4) is 0 Å². The van der Waals surface area contributed by atoms with E-state index in [0.29, 0.717) is 5.56 Å². The fraction of sp³-hybridized carbons (Fsp3) is 0.500. The molecule has 0 aliphatic rings. The lowest BCUT2D eigenvalue weighted by Gasteiger charge is -2.34. The lowest BCUT2D eigenvalue weighted by Crippen LogP contribution is -2.54. The molecule has 2 atom stereocenters. The predicted molar refractivity (Wildman–Crippen MR) is 127 cm³/mol. The number of nitrogens with one attached hydrogen (secondary N) is 2. The summed E-state index contributed by atoms with van der Waals surface area (Å²) < 4.78 is 5.23. The molecule has 0 radical (unpaired) electrons. The molecule has 0 heterocycles. The smallest absolute Gasteiger partial charge is 0.408 e. The zero-order valence-corrected chi connectivity index (χ0v) is 20.3. The van der Waals surface area contributed by atoms with Crippen molar-refractivity contribution in [3.8, 4) is 0 Å². The van der Waals surface area contributed by atoms with Gasteiger partial charge in [0, 0.05) is 12.6 Å². The van der Waals surface area contributed by atoms with Gasteiger partial charge in [-0.05, 0) is 58.7 Å². The Labute approximate surface area is 195 Å². The molecule has 1 aromatic carbocycles. The molecule has 182 valence electrons. The molecule has 0 saturated carbocycles. The van der Waals surface area contributed by atoms with Crippen molar-refractivity contribution in [2.75, 3.05) is 6.54 Å². The summed E-state index contributed by atoms with van der Waals surface area (Å²) in [6, 6.07) is 4.62. The van der Waals surface area contributed by atoms with Gasteiger partial charge in [0.15, 0.2) is 0 Å². The first kappa shape index (κ1) is 27.7. The summed E-state index contributed by atoms with van der Waals surface area (Å²) in [6.07, 6.45) is 0.327. The van der Waals surface area contributed by atoms with Crippen LogP contribution in [0.15, 0.2) is 30.8 Å². The van der Waals surface area contributed by atoms with Gasteiger partial charge in [-0.2, -0.15) is 0 Å². The van der Waals surface area contributed by atoms with E-state index in [1.807, 2.05) is 19.9 Å². The Morgan fingerprint density at radius 3 is 2.30 bits per heavy atom. The van der Waals surface area contributed by atoms with Gasteiger partial charge in [-0.1, -0.05) is 30.9 Å². The van der Waals surface area contributed by atoms with Crippen molar-refractivity contribution in [1.82, 2.24) is 15.5 Å². The summed E-state index contributed by atoms with van der Waals surface area (Å²) in [5.41, 5.74) is 5.87. The minimum Gasteiger partial charge on any atom is -0.444 e. The van der Waals surface area contributed by atoms with Gasteiger partial charge in [0.1, 0.15) is 17.7 Å². The maximum Gasteiger partial charge on any atom is 0.408 e. The molecule has 0 saturated heterocycles. The fourth-order valence-electron chi connectivity index (χ4n) is 3.21. The molecule has 0 fully saturated rings. The van der Waals surface area contributed by atoms with Crippen molar-refractivity contribution in [2.24, 2.45) is 5.73 Å². The van der Waals surface area contributed by atoms with E-state index in [-0.39, 0.29) is 12.6 Å². The molecule has 1 aromatic rings. The highest BCUT2D eigenvalue weighted by molar-refractivity contribution is 5.94. The standard InChI is InChI=1S/C24H36N4O5/c1-8-16-11-10-12-17(13-16)20(21(30)26-15(3)4)28(9-2)22(31)18(14-19(25)29)27-23(32)33-24(5,6)7/h8,10-13,15,18,20H,1,9,14H2,2-7H3,(H2,25,29)(H,26,30)(H,27,32). The second-order valence-corrected chi connectivity index (χ2v) is 8.93. The minimum absolute atomic E-state index is 0.137. The molecule has 0 aliphatic heterocycles. The number of ether oxygens (including phenoxy) is 1. The van der Waals surface area contributed by atoms with Crippen molar-refractivity contribution in [3.63, 3.8) is 0 Å². The van der Waals surface area contributed by atoms with Gasteiger partial charge in [0.2, 0.25) is 17.7 Å². The summed E-state index contributed by atoms with van der Waals surface area (Å²) in [6.45, 7) is 14.3. The molecule has 0 aliphatic carbocycles. The van der Waals surface area contributed by atoms with Crippen LogP contribution < -0.4 is 16.4 Å². The van der Waals surface area contributed by atoms with Crippen LogP contribution in [0.1, 0.15) is 65.1 Å². The number of hydrogen-bond acceptors (Lipinski definition) is 5. The second kappa shape index (κ2) is 12.0. The number of rotatable bonds is 10. The zero-order valence-electron chi connectivity index (χ0n) is 20.3. The Morgan fingerprint density at radius 2 is 1.82 bits per heavy atom. The molecule has 4 N–H and O–H groups in total. The van der Waals surface area contributed by atoms with Crippen LogP contribution in [0.4, 0.5) is 4.79 Å². The lowest BCUT2D eigenvalue weighted by atomic mass is 9.99. The minimum atomic E-state index is -1.30. The third kappa shape index (κ3) is 8.96. The Bertz CT molecular complexity index is 876. The van der Waals surface area contributed by atoms with E-state index < -0.39 is 47.9 Å². The molecular weight excluding hydrogens is 424 g/mol. The number of carbonyl (C=O) groups excluding carboxylic acids is 4. The van der Waals surface area contributed by atoms with Crippen molar-refractivity contribution < 1.29 is 23.9 Å². The quantitative estimate of drug-likeness (QED) is 0.494. The van der Waals surface area contributed by atoms with Crippen LogP contribution in [-0.4, -0.2) is 52.9 Å². The third-order valence-corrected chi connectivity index (χ3v) is 4.47. The van der Waals surface area contributed by atoms with Crippen LogP contribution in [0.25, 0.3) is 6.08 Å². The number of likely N-dealkylation sites (N-methyl/N-ethyl adjacent to an activating group) is 1. The molecule has 33 heavy (non-hydrogen) atoms. The summed E-state index contributed by atoms with van der Waals surface area (Å²) >= 11 is 0. The predicted octanol–water partition coefficient (Wildman–Crippen LogP) is 2.51. The van der Waals surface area contributed by atoms with E-state index in [0.717, 1.165) is 5.56 Å². The van der Waals surface area contributed by atoms with Gasteiger partial charge < -0.3 is 26.0 Å². The molecule has 0 bridgehead atoms. The van der Waals surface area contributed by atoms with Crippen molar-refractivity contribution in [1.29, 1.82) is 0 Å². The van der Waals surface area contributed by atoms with E-state index in [1.165, 1.54) is 4.90 Å². The highest BCUT2D eigenvalue weighted by atomic mass is 16.6. The molecule has 4 amide bonds. The number of alkyl carbamates (subject to hydrolysis) is 1. The maximum atomic E-state index is 13.5. The molecule has 9 nitrogen and oxygen atoms in total. The molecule has 0 aromatic heterocycles. The topological polar surface area (TPSA) is 131 Å². The Balaban J connectivity index is 3.40. The number of hydrogen-bond donors (Lipinski definition) is 3. The molecule has 1 rings (SSSR count). The van der Waals surface area contributed by atoms with Gasteiger partial charge in [-0.3, -0.25) is 14.4 Å². The molecular formula is C24H36N4O5. The van der Waals surface area contributed by atoms with Crippen molar-refractivity contribution >= 4 is 29.9 Å². The highest BCUT2D eigenvalue weighted by Gasteiger charge is 2.36. The van der Waals surface area contributed by atoms with Crippen molar-refractivity contribution in [3.05, 3.63) is 42.0 Å². The van der Waals surface area contributed by atoms with Gasteiger partial charge in [0.05, 0.1) is 6.42 Å². The molecule has 2 unspecified atom stereocenters. The Kier molecular flexibility index (Phi) is 10.1. The number of primary amides is 1. The van der Waals surface area contributed by atoms with Crippen LogP contribution >= 0.6 is 0 Å². The van der Waals surface area contributed by atoms with Crippen LogP contribution in [-0.2, 0) is 19.1 Å². The van der Waals surface area contributed by atoms with Gasteiger partial charge in [-0.25, -0.2) is 4.79 Å². The van der Waals surface area contributed by atoms with Gasteiger partial charge in [-0.15, -0.1) is 0 Å². The van der Waals surface area contributed by atoms with E-state index >= 15 is 0 Å². The molecule has 0 spiro atoms. The van der Waals surface area contributed by atoms with Gasteiger partial charge >= 0.3 is 6.09 Å². The maximum absolute atomic E-state index is 13.5. The first-order valence-corrected chi connectivity index (χ1v) is 10.9. The van der Waals surface area contributed by atoms with E-state index in [4.69, 9.17) is 10.5 Å². The summed E-state index contributed by atoms with van der Waals surface area (Å²) in [7, 11) is 0. The first-order valence-electron chi connectivity index (χ1n) is 10.9. The summed E-state index contributed by atoms with van der Waals surface area (Å²) in [5.74, 6) is -1.80. The van der Waals surface area contributed by atoms with Crippen LogP contribution in [0, 0.1) is 0 Å². The number of nitrogens with two attached hydrogens (primary N) is 1. The highest BCUT2D eigenvalue weighted by Crippen LogP contribution is 2.24. The fourth-order valence-corrected chi connectivity index (χ4v) is 3.21. The summed E-state index contributed by atoms with van der Waals surface area (Å²) in [5, 5.41) is 5.26. The molecule has 9 heteroatoms. The number of amides is 4. The van der Waals surface area contributed by atoms with Crippen LogP contribution in [0.5, 0.6) is 0 Å². The Morgan fingerprint density at radius 1 is 1.18 bits per heavy atom. The summed E-state index contributed by atoms with van der Waals surface area (Å²) in [4.78, 5) is 52.0. The third-order valence-electron chi connectivity index (χ3n) is 4.47.